The first-order valence-corrected chi connectivity index (χ1v) is 6.03. The van der Waals surface area contributed by atoms with Crippen molar-refractivity contribution in [2.75, 3.05) is 32.1 Å². The number of rotatable bonds is 5. The molecule has 1 rings (SSSR count). The molecule has 20 heavy (non-hydrogen) atoms. The molecule has 1 aromatic rings. The van der Waals surface area contributed by atoms with Gasteiger partial charge in [-0.2, -0.15) is 13.2 Å². The van der Waals surface area contributed by atoms with Crippen molar-refractivity contribution < 1.29 is 23.1 Å². The zero-order valence-corrected chi connectivity index (χ0v) is 11.3. The maximum absolute atomic E-state index is 12.4. The number of hydrogen-bond acceptors (Lipinski definition) is 3. The number of nitrogens with zero attached hydrogens (tertiary/aromatic N) is 1. The molecule has 0 aliphatic rings. The van der Waals surface area contributed by atoms with Gasteiger partial charge in [-0.3, -0.25) is 4.79 Å². The summed E-state index contributed by atoms with van der Waals surface area (Å²) >= 11 is 0. The maximum Gasteiger partial charge on any atom is 0.406 e. The molecule has 4 nitrogen and oxygen atoms in total. The maximum atomic E-state index is 12.4. The molecule has 0 aromatic heterocycles. The highest BCUT2D eigenvalue weighted by Gasteiger charge is 2.33. The molecule has 0 heterocycles. The third-order valence-corrected chi connectivity index (χ3v) is 2.77. The molecule has 0 saturated heterocycles. The summed E-state index contributed by atoms with van der Waals surface area (Å²) in [6.07, 6.45) is -4.50. The molecule has 0 bridgehead atoms. The van der Waals surface area contributed by atoms with Crippen LogP contribution in [0.1, 0.15) is 15.9 Å². The highest BCUT2D eigenvalue weighted by molar-refractivity contribution is 5.95. The number of amides is 1. The van der Waals surface area contributed by atoms with Gasteiger partial charge in [0.1, 0.15) is 6.54 Å². The summed E-state index contributed by atoms with van der Waals surface area (Å²) in [5.74, 6) is -0.748. The van der Waals surface area contributed by atoms with Crippen molar-refractivity contribution in [3.05, 3.63) is 29.3 Å². The molecule has 0 radical (unpaired) electrons. The van der Waals surface area contributed by atoms with E-state index in [9.17, 15) is 18.0 Å². The summed E-state index contributed by atoms with van der Waals surface area (Å²) in [6.45, 7) is -0.497. The Morgan fingerprint density at radius 1 is 1.40 bits per heavy atom. The Hall–Kier alpha value is -1.76. The van der Waals surface area contributed by atoms with E-state index in [-0.39, 0.29) is 12.1 Å². The summed E-state index contributed by atoms with van der Waals surface area (Å²) < 4.78 is 37.3. The summed E-state index contributed by atoms with van der Waals surface area (Å²) in [7, 11) is 1.71. The Balaban J connectivity index is 2.97. The molecular formula is C13H17F3N2O2. The van der Waals surface area contributed by atoms with Gasteiger partial charge in [-0.05, 0) is 30.7 Å². The van der Waals surface area contributed by atoms with Crippen molar-refractivity contribution in [2.24, 2.45) is 0 Å². The van der Waals surface area contributed by atoms with E-state index in [0.29, 0.717) is 4.90 Å². The molecule has 0 fully saturated rings. The number of aryl methyl sites for hydroxylation is 1. The van der Waals surface area contributed by atoms with Crippen LogP contribution < -0.4 is 5.32 Å². The first kappa shape index (κ1) is 16.3. The van der Waals surface area contributed by atoms with Crippen molar-refractivity contribution in [1.29, 1.82) is 0 Å². The number of benzene rings is 1. The van der Waals surface area contributed by atoms with Crippen LogP contribution >= 0.6 is 0 Å². The standard InChI is InChI=1S/C13H17F3N2O2/c1-9-7-10(3-4-11(9)17-2)12(20)18(5-6-19)8-13(14,15)16/h3-4,7,17,19H,5-6,8H2,1-2H3. The molecule has 1 amide bonds. The number of halogens is 3. The Morgan fingerprint density at radius 2 is 2.05 bits per heavy atom. The smallest absolute Gasteiger partial charge is 0.395 e. The second kappa shape index (κ2) is 6.60. The van der Waals surface area contributed by atoms with Crippen molar-refractivity contribution in [1.82, 2.24) is 4.90 Å². The molecule has 0 unspecified atom stereocenters. The van der Waals surface area contributed by atoms with Crippen molar-refractivity contribution in [3.63, 3.8) is 0 Å². The van der Waals surface area contributed by atoms with Gasteiger partial charge >= 0.3 is 6.18 Å². The highest BCUT2D eigenvalue weighted by atomic mass is 19.4. The average Bonchev–Trinajstić information content (AvgIpc) is 2.35. The molecule has 2 N–H and O–H groups in total. The van der Waals surface area contributed by atoms with E-state index in [1.54, 1.807) is 20.0 Å². The number of alkyl halides is 3. The third kappa shape index (κ3) is 4.41. The Bertz CT molecular complexity index is 475. The lowest BCUT2D eigenvalue weighted by Gasteiger charge is -2.23. The van der Waals surface area contributed by atoms with E-state index in [4.69, 9.17) is 5.11 Å². The first-order chi connectivity index (χ1) is 9.28. The van der Waals surface area contributed by atoms with Crippen LogP contribution in [0.25, 0.3) is 0 Å². The van der Waals surface area contributed by atoms with Crippen LogP contribution in [0.15, 0.2) is 18.2 Å². The fourth-order valence-corrected chi connectivity index (χ4v) is 1.85. The molecule has 0 atom stereocenters. The van der Waals surface area contributed by atoms with E-state index in [2.05, 4.69) is 5.32 Å². The minimum Gasteiger partial charge on any atom is -0.395 e. The molecule has 0 spiro atoms. The molecule has 0 saturated carbocycles. The summed E-state index contributed by atoms with van der Waals surface area (Å²) in [6, 6.07) is 4.62. The van der Waals surface area contributed by atoms with Gasteiger partial charge in [-0.25, -0.2) is 0 Å². The van der Waals surface area contributed by atoms with Crippen molar-refractivity contribution in [3.8, 4) is 0 Å². The van der Waals surface area contributed by atoms with Gasteiger partial charge in [0.05, 0.1) is 6.61 Å². The second-order valence-electron chi connectivity index (χ2n) is 4.35. The average molecular weight is 290 g/mol. The van der Waals surface area contributed by atoms with Crippen LogP contribution in [0.2, 0.25) is 0 Å². The minimum atomic E-state index is -4.50. The van der Waals surface area contributed by atoms with Gasteiger partial charge in [-0.15, -0.1) is 0 Å². The van der Waals surface area contributed by atoms with Crippen LogP contribution in [0.4, 0.5) is 18.9 Å². The lowest BCUT2D eigenvalue weighted by atomic mass is 10.1. The molecule has 112 valence electrons. The van der Waals surface area contributed by atoms with Gasteiger partial charge in [0.25, 0.3) is 5.91 Å². The van der Waals surface area contributed by atoms with Gasteiger partial charge in [0.2, 0.25) is 0 Å². The summed E-state index contributed by atoms with van der Waals surface area (Å²) in [5, 5.41) is 11.7. The number of carbonyl (C=O) groups is 1. The zero-order valence-electron chi connectivity index (χ0n) is 11.3. The Morgan fingerprint density at radius 3 is 2.50 bits per heavy atom. The van der Waals surface area contributed by atoms with E-state index in [1.807, 2.05) is 0 Å². The lowest BCUT2D eigenvalue weighted by Crippen LogP contribution is -2.40. The van der Waals surface area contributed by atoms with E-state index >= 15 is 0 Å². The van der Waals surface area contributed by atoms with Crippen LogP contribution in [0.5, 0.6) is 0 Å². The third-order valence-electron chi connectivity index (χ3n) is 2.77. The van der Waals surface area contributed by atoms with E-state index < -0.39 is 25.2 Å². The number of aliphatic hydroxyl groups excluding tert-OH is 1. The van der Waals surface area contributed by atoms with Gasteiger partial charge < -0.3 is 15.3 Å². The number of nitrogens with one attached hydrogen (secondary N) is 1. The molecule has 0 aliphatic carbocycles. The first-order valence-electron chi connectivity index (χ1n) is 6.03. The molecule has 0 aliphatic heterocycles. The van der Waals surface area contributed by atoms with Crippen LogP contribution in [0.3, 0.4) is 0 Å². The molecule has 7 heteroatoms. The minimum absolute atomic E-state index is 0.166. The SMILES string of the molecule is CNc1ccc(C(=O)N(CCO)CC(F)(F)F)cc1C. The van der Waals surface area contributed by atoms with Crippen molar-refractivity contribution in [2.45, 2.75) is 13.1 Å². The lowest BCUT2D eigenvalue weighted by molar-refractivity contribution is -0.141. The van der Waals surface area contributed by atoms with Crippen LogP contribution in [0, 0.1) is 6.92 Å². The van der Waals surface area contributed by atoms with Gasteiger partial charge in [0, 0.05) is 24.8 Å². The Labute approximate surface area is 115 Å². The van der Waals surface area contributed by atoms with E-state index in [0.717, 1.165) is 11.3 Å². The van der Waals surface area contributed by atoms with Crippen LogP contribution in [-0.4, -0.2) is 48.8 Å². The zero-order chi connectivity index (χ0) is 15.3. The fraction of sp³-hybridized carbons (Fsp3) is 0.462. The predicted octanol–water partition coefficient (Wildman–Crippen LogP) is 2.03. The number of aliphatic hydroxyl groups is 1. The van der Waals surface area contributed by atoms with E-state index in [1.165, 1.54) is 12.1 Å². The quantitative estimate of drug-likeness (QED) is 0.872. The normalized spacial score (nSPS) is 11.3. The molecular weight excluding hydrogens is 273 g/mol. The second-order valence-corrected chi connectivity index (χ2v) is 4.35. The summed E-state index contributed by atoms with van der Waals surface area (Å²) in [5.41, 5.74) is 1.72. The van der Waals surface area contributed by atoms with Gasteiger partial charge in [0.15, 0.2) is 0 Å². The topological polar surface area (TPSA) is 52.6 Å². The van der Waals surface area contributed by atoms with Gasteiger partial charge in [-0.1, -0.05) is 0 Å². The number of hydrogen-bond donors (Lipinski definition) is 2. The number of carbonyl (C=O) groups excluding carboxylic acids is 1. The largest absolute Gasteiger partial charge is 0.406 e. The van der Waals surface area contributed by atoms with Crippen molar-refractivity contribution >= 4 is 11.6 Å². The Kier molecular flexibility index (Phi) is 5.38. The highest BCUT2D eigenvalue weighted by Crippen LogP contribution is 2.20. The monoisotopic (exact) mass is 290 g/mol. The molecule has 1 aromatic carbocycles. The number of anilines is 1. The predicted molar refractivity (Wildman–Crippen MR) is 69.8 cm³/mol. The van der Waals surface area contributed by atoms with Crippen LogP contribution in [-0.2, 0) is 0 Å². The summed E-state index contributed by atoms with van der Waals surface area (Å²) in [4.78, 5) is 12.6. The fourth-order valence-electron chi connectivity index (χ4n) is 1.85.